The van der Waals surface area contributed by atoms with Crippen molar-refractivity contribution in [3.63, 3.8) is 0 Å². The Labute approximate surface area is 183 Å². The highest BCUT2D eigenvalue weighted by atomic mass is 19.4. The van der Waals surface area contributed by atoms with Crippen LogP contribution in [0.25, 0.3) is 0 Å². The van der Waals surface area contributed by atoms with Crippen LogP contribution in [0.5, 0.6) is 5.75 Å². The summed E-state index contributed by atoms with van der Waals surface area (Å²) in [7, 11) is 0. The highest BCUT2D eigenvalue weighted by Crippen LogP contribution is 2.24. The molecule has 2 saturated heterocycles. The van der Waals surface area contributed by atoms with Gasteiger partial charge in [0.05, 0.1) is 6.54 Å². The van der Waals surface area contributed by atoms with Crippen molar-refractivity contribution in [1.82, 2.24) is 14.7 Å². The van der Waals surface area contributed by atoms with Gasteiger partial charge in [0, 0.05) is 50.9 Å². The van der Waals surface area contributed by atoms with Gasteiger partial charge in [-0.25, -0.2) is 4.79 Å². The number of carbonyl (C=O) groups excluding carboxylic acids is 3. The molecule has 176 valence electrons. The van der Waals surface area contributed by atoms with E-state index in [2.05, 4.69) is 10.1 Å². The largest absolute Gasteiger partial charge is 0.573 e. The van der Waals surface area contributed by atoms with E-state index < -0.39 is 12.4 Å². The molecule has 1 aromatic carbocycles. The molecular weight excluding hydrogens is 431 g/mol. The molecule has 2 aliphatic rings. The number of halogens is 3. The molecule has 0 saturated carbocycles. The maximum atomic E-state index is 12.7. The summed E-state index contributed by atoms with van der Waals surface area (Å²) in [5, 5.41) is 2.64. The lowest BCUT2D eigenvalue weighted by Gasteiger charge is -2.38. The van der Waals surface area contributed by atoms with Gasteiger partial charge in [0.2, 0.25) is 11.8 Å². The summed E-state index contributed by atoms with van der Waals surface area (Å²) in [5.41, 5.74) is 5.63. The fourth-order valence-corrected chi connectivity index (χ4v) is 3.87. The second kappa shape index (κ2) is 10.1. The number of urea groups is 1. The van der Waals surface area contributed by atoms with Crippen molar-refractivity contribution in [2.24, 2.45) is 11.7 Å². The summed E-state index contributed by atoms with van der Waals surface area (Å²) in [6.45, 7) is 3.16. The van der Waals surface area contributed by atoms with Gasteiger partial charge in [0.15, 0.2) is 0 Å². The third-order valence-corrected chi connectivity index (χ3v) is 5.58. The van der Waals surface area contributed by atoms with E-state index >= 15 is 0 Å². The smallest absolute Gasteiger partial charge is 0.406 e. The lowest BCUT2D eigenvalue weighted by atomic mass is 9.95. The predicted octanol–water partition coefficient (Wildman–Crippen LogP) is 1.46. The number of ether oxygens (including phenoxy) is 1. The van der Waals surface area contributed by atoms with E-state index in [1.807, 2.05) is 4.90 Å². The van der Waals surface area contributed by atoms with Crippen LogP contribution in [0, 0.1) is 5.92 Å². The summed E-state index contributed by atoms with van der Waals surface area (Å²) >= 11 is 0. The Balaban J connectivity index is 1.39. The van der Waals surface area contributed by atoms with E-state index in [0.29, 0.717) is 57.8 Å². The van der Waals surface area contributed by atoms with Gasteiger partial charge in [-0.2, -0.15) is 0 Å². The Hall–Kier alpha value is -3.02. The molecule has 0 bridgehead atoms. The number of hydrogen-bond acceptors (Lipinski definition) is 5. The van der Waals surface area contributed by atoms with E-state index in [1.54, 1.807) is 4.90 Å². The fraction of sp³-hybridized carbons (Fsp3) is 0.550. The molecule has 3 rings (SSSR count). The number of benzene rings is 1. The number of rotatable bonds is 5. The Morgan fingerprint density at radius 2 is 1.56 bits per heavy atom. The SMILES string of the molecule is NC(=O)N1CCC(C(=O)N2CCN(CC(=O)Nc3ccc(OC(F)(F)F)cc3)CC2)CC1. The van der Waals surface area contributed by atoms with Crippen LogP contribution in [0.15, 0.2) is 24.3 Å². The molecule has 0 aliphatic carbocycles. The van der Waals surface area contributed by atoms with Gasteiger partial charge in [-0.05, 0) is 37.1 Å². The molecular formula is C20H26F3N5O4. The topological polar surface area (TPSA) is 108 Å². The minimum Gasteiger partial charge on any atom is -0.406 e. The first-order valence-corrected chi connectivity index (χ1v) is 10.3. The van der Waals surface area contributed by atoms with Gasteiger partial charge >= 0.3 is 12.4 Å². The van der Waals surface area contributed by atoms with Crippen molar-refractivity contribution >= 4 is 23.5 Å². The molecule has 0 radical (unpaired) electrons. The van der Waals surface area contributed by atoms with Crippen LogP contribution in [0.3, 0.4) is 0 Å². The number of primary amides is 1. The standard InChI is InChI=1S/C20H26F3N5O4/c21-20(22,23)32-16-3-1-15(2-4-16)25-17(29)13-26-9-11-27(12-10-26)18(30)14-5-7-28(8-6-14)19(24)31/h1-4,14H,5-13H2,(H2,24,31)(H,25,29). The Bertz CT molecular complexity index is 818. The highest BCUT2D eigenvalue weighted by molar-refractivity contribution is 5.92. The van der Waals surface area contributed by atoms with E-state index in [1.165, 1.54) is 17.0 Å². The quantitative estimate of drug-likeness (QED) is 0.696. The van der Waals surface area contributed by atoms with Gasteiger partial charge in [0.1, 0.15) is 5.75 Å². The van der Waals surface area contributed by atoms with Crippen LogP contribution in [0.4, 0.5) is 23.7 Å². The lowest BCUT2D eigenvalue weighted by Crippen LogP contribution is -2.53. The molecule has 32 heavy (non-hydrogen) atoms. The minimum absolute atomic E-state index is 0.0689. The number of likely N-dealkylation sites (tertiary alicyclic amines) is 1. The second-order valence-electron chi connectivity index (χ2n) is 7.82. The van der Waals surface area contributed by atoms with Crippen molar-refractivity contribution in [3.8, 4) is 5.75 Å². The first kappa shape index (κ1) is 23.6. The summed E-state index contributed by atoms with van der Waals surface area (Å²) in [6, 6.07) is 4.45. The van der Waals surface area contributed by atoms with Gasteiger partial charge in [-0.3, -0.25) is 14.5 Å². The molecule has 12 heteroatoms. The molecule has 0 spiro atoms. The number of alkyl halides is 3. The van der Waals surface area contributed by atoms with Crippen molar-refractivity contribution in [1.29, 1.82) is 0 Å². The predicted molar refractivity (Wildman–Crippen MR) is 109 cm³/mol. The van der Waals surface area contributed by atoms with Gasteiger partial charge < -0.3 is 25.6 Å². The monoisotopic (exact) mass is 457 g/mol. The van der Waals surface area contributed by atoms with Crippen LogP contribution >= 0.6 is 0 Å². The number of anilines is 1. The molecule has 9 nitrogen and oxygen atoms in total. The van der Waals surface area contributed by atoms with E-state index in [4.69, 9.17) is 5.73 Å². The van der Waals surface area contributed by atoms with E-state index in [9.17, 15) is 27.6 Å². The molecule has 0 aromatic heterocycles. The Kier molecular flexibility index (Phi) is 7.44. The number of nitrogens with one attached hydrogen (secondary N) is 1. The Morgan fingerprint density at radius 3 is 2.09 bits per heavy atom. The third kappa shape index (κ3) is 6.74. The molecule has 2 fully saturated rings. The maximum absolute atomic E-state index is 12.7. The van der Waals surface area contributed by atoms with Crippen molar-refractivity contribution < 1.29 is 32.3 Å². The number of piperidine rings is 1. The van der Waals surface area contributed by atoms with Crippen LogP contribution in [0.1, 0.15) is 12.8 Å². The van der Waals surface area contributed by atoms with Crippen molar-refractivity contribution in [2.75, 3.05) is 51.1 Å². The van der Waals surface area contributed by atoms with Crippen LogP contribution < -0.4 is 15.8 Å². The molecule has 2 heterocycles. The zero-order valence-corrected chi connectivity index (χ0v) is 17.4. The number of piperazine rings is 1. The normalized spacial score (nSPS) is 18.3. The number of nitrogens with two attached hydrogens (primary N) is 1. The molecule has 4 amide bonds. The molecule has 3 N–H and O–H groups in total. The number of amides is 4. The fourth-order valence-electron chi connectivity index (χ4n) is 3.87. The van der Waals surface area contributed by atoms with Crippen LogP contribution in [-0.2, 0) is 9.59 Å². The number of nitrogens with zero attached hydrogens (tertiary/aromatic N) is 3. The number of carbonyl (C=O) groups is 3. The third-order valence-electron chi connectivity index (χ3n) is 5.58. The lowest BCUT2D eigenvalue weighted by molar-refractivity contribution is -0.274. The van der Waals surface area contributed by atoms with Gasteiger partial charge in [0.25, 0.3) is 0 Å². The molecule has 0 unspecified atom stereocenters. The summed E-state index contributed by atoms with van der Waals surface area (Å²) < 4.78 is 40.4. The van der Waals surface area contributed by atoms with Gasteiger partial charge in [-0.15, -0.1) is 13.2 Å². The summed E-state index contributed by atoms with van der Waals surface area (Å²) in [5.74, 6) is -0.714. The zero-order chi connectivity index (χ0) is 23.3. The maximum Gasteiger partial charge on any atom is 0.573 e. The first-order valence-electron chi connectivity index (χ1n) is 10.3. The average Bonchev–Trinajstić information content (AvgIpc) is 2.74. The minimum atomic E-state index is -4.77. The molecule has 1 aromatic rings. The van der Waals surface area contributed by atoms with Crippen molar-refractivity contribution in [3.05, 3.63) is 24.3 Å². The Morgan fingerprint density at radius 1 is 0.969 bits per heavy atom. The summed E-state index contributed by atoms with van der Waals surface area (Å²) in [4.78, 5) is 41.4. The van der Waals surface area contributed by atoms with Crippen LogP contribution in [0.2, 0.25) is 0 Å². The second-order valence-corrected chi connectivity index (χ2v) is 7.82. The first-order chi connectivity index (χ1) is 15.1. The van der Waals surface area contributed by atoms with E-state index in [0.717, 1.165) is 12.1 Å². The van der Waals surface area contributed by atoms with E-state index in [-0.39, 0.29) is 30.0 Å². The zero-order valence-electron chi connectivity index (χ0n) is 17.4. The number of hydrogen-bond donors (Lipinski definition) is 2. The molecule has 0 atom stereocenters. The van der Waals surface area contributed by atoms with Gasteiger partial charge in [-0.1, -0.05) is 0 Å². The summed E-state index contributed by atoms with van der Waals surface area (Å²) in [6.07, 6.45) is -3.58. The highest BCUT2D eigenvalue weighted by Gasteiger charge is 2.32. The van der Waals surface area contributed by atoms with Crippen LogP contribution in [-0.4, -0.2) is 84.7 Å². The van der Waals surface area contributed by atoms with Crippen molar-refractivity contribution in [2.45, 2.75) is 19.2 Å². The average molecular weight is 457 g/mol. The molecule has 2 aliphatic heterocycles.